The second-order valence-corrected chi connectivity index (χ2v) is 3.18. The lowest BCUT2D eigenvalue weighted by Gasteiger charge is -2.07. The Kier molecular flexibility index (Phi) is 3.29. The molecule has 1 nitrogen and oxygen atoms in total. The Labute approximate surface area is 78.2 Å². The molecule has 1 aromatic carbocycles. The molecule has 0 atom stereocenters. The molecule has 0 unspecified atom stereocenters. The molecule has 2 heteroatoms. The molecule has 0 fully saturated rings. The number of benzene rings is 1. The maximum Gasteiger partial charge on any atom is 0.165 e. The van der Waals surface area contributed by atoms with Crippen LogP contribution in [0.2, 0.25) is 0 Å². The highest BCUT2D eigenvalue weighted by molar-refractivity contribution is 5.36. The zero-order valence-electron chi connectivity index (χ0n) is 8.10. The van der Waals surface area contributed by atoms with Gasteiger partial charge >= 0.3 is 0 Å². The number of hydrogen-bond donors (Lipinski definition) is 1. The lowest BCUT2D eigenvalue weighted by atomic mass is 10.0. The van der Waals surface area contributed by atoms with Gasteiger partial charge < -0.3 is 5.11 Å². The Morgan fingerprint density at radius 3 is 2.46 bits per heavy atom. The van der Waals surface area contributed by atoms with Crippen molar-refractivity contribution in [3.8, 4) is 5.75 Å². The number of aryl methyl sites for hydroxylation is 2. The molecule has 1 N–H and O–H groups in total. The zero-order chi connectivity index (χ0) is 9.84. The zero-order valence-corrected chi connectivity index (χ0v) is 8.10. The Balaban J connectivity index is 3.09. The summed E-state index contributed by atoms with van der Waals surface area (Å²) in [6.45, 7) is 4.06. The fourth-order valence-corrected chi connectivity index (χ4v) is 1.48. The summed E-state index contributed by atoms with van der Waals surface area (Å²) in [5, 5.41) is 9.17. The van der Waals surface area contributed by atoms with Gasteiger partial charge in [-0.2, -0.15) is 0 Å². The minimum atomic E-state index is -0.517. The van der Waals surface area contributed by atoms with E-state index >= 15 is 0 Å². The Morgan fingerprint density at radius 1 is 1.23 bits per heavy atom. The van der Waals surface area contributed by atoms with Gasteiger partial charge in [-0.1, -0.05) is 20.3 Å². The van der Waals surface area contributed by atoms with Gasteiger partial charge in [-0.3, -0.25) is 0 Å². The van der Waals surface area contributed by atoms with E-state index in [0.717, 1.165) is 30.4 Å². The quantitative estimate of drug-likeness (QED) is 0.761. The first-order valence-electron chi connectivity index (χ1n) is 4.69. The highest BCUT2D eigenvalue weighted by atomic mass is 19.1. The molecule has 0 heterocycles. The van der Waals surface area contributed by atoms with Gasteiger partial charge in [-0.15, -0.1) is 0 Å². The predicted octanol–water partition coefficient (Wildman–Crippen LogP) is 3.05. The first kappa shape index (κ1) is 10.0. The van der Waals surface area contributed by atoms with Gasteiger partial charge in [0.1, 0.15) is 0 Å². The third kappa shape index (κ3) is 2.20. The van der Waals surface area contributed by atoms with Gasteiger partial charge in [0, 0.05) is 0 Å². The number of hydrogen-bond acceptors (Lipinski definition) is 1. The molecular formula is C11H15FO. The first-order chi connectivity index (χ1) is 6.19. The smallest absolute Gasteiger partial charge is 0.165 e. The normalized spacial score (nSPS) is 10.4. The third-order valence-electron chi connectivity index (χ3n) is 2.17. The summed E-state index contributed by atoms with van der Waals surface area (Å²) in [6, 6.07) is 2.97. The van der Waals surface area contributed by atoms with E-state index in [1.54, 1.807) is 0 Å². The lowest BCUT2D eigenvalue weighted by Crippen LogP contribution is -1.94. The maximum atomic E-state index is 12.9. The van der Waals surface area contributed by atoms with Crippen LogP contribution >= 0.6 is 0 Å². The van der Waals surface area contributed by atoms with Crippen molar-refractivity contribution < 1.29 is 9.50 Å². The number of phenolic OH excluding ortho intramolecular Hbond substituents is 1. The van der Waals surface area contributed by atoms with Crippen molar-refractivity contribution in [3.63, 3.8) is 0 Å². The Bertz CT molecular complexity index is 294. The SMILES string of the molecule is CCCc1cc(O)c(F)cc1CC. The molecule has 0 aliphatic carbocycles. The maximum absolute atomic E-state index is 12.9. The number of halogens is 1. The van der Waals surface area contributed by atoms with E-state index < -0.39 is 5.82 Å². The topological polar surface area (TPSA) is 20.2 Å². The molecule has 0 saturated carbocycles. The molecule has 0 aliphatic rings. The van der Waals surface area contributed by atoms with Crippen LogP contribution in [0.5, 0.6) is 5.75 Å². The molecule has 0 radical (unpaired) electrons. The largest absolute Gasteiger partial charge is 0.505 e. The molecule has 0 amide bonds. The van der Waals surface area contributed by atoms with E-state index in [9.17, 15) is 9.50 Å². The summed E-state index contributed by atoms with van der Waals surface area (Å²) in [5.74, 6) is -0.752. The second kappa shape index (κ2) is 4.26. The van der Waals surface area contributed by atoms with Gasteiger partial charge in [0.15, 0.2) is 11.6 Å². The van der Waals surface area contributed by atoms with Crippen molar-refractivity contribution in [2.24, 2.45) is 0 Å². The fourth-order valence-electron chi connectivity index (χ4n) is 1.48. The van der Waals surface area contributed by atoms with Crippen LogP contribution < -0.4 is 0 Å². The van der Waals surface area contributed by atoms with Crippen LogP contribution in [0.15, 0.2) is 12.1 Å². The van der Waals surface area contributed by atoms with Crippen LogP contribution in [-0.4, -0.2) is 5.11 Å². The summed E-state index contributed by atoms with van der Waals surface area (Å²) >= 11 is 0. The standard InChI is InChI=1S/C11H15FO/c1-3-5-9-7-11(13)10(12)6-8(9)4-2/h6-7,13H,3-5H2,1-2H3. The van der Waals surface area contributed by atoms with Crippen molar-refractivity contribution in [2.45, 2.75) is 33.1 Å². The molecule has 72 valence electrons. The van der Waals surface area contributed by atoms with E-state index in [-0.39, 0.29) is 5.75 Å². The van der Waals surface area contributed by atoms with Crippen LogP contribution in [0.1, 0.15) is 31.4 Å². The molecule has 0 aromatic heterocycles. The van der Waals surface area contributed by atoms with Crippen LogP contribution in [-0.2, 0) is 12.8 Å². The average molecular weight is 182 g/mol. The molecule has 0 saturated heterocycles. The van der Waals surface area contributed by atoms with Crippen molar-refractivity contribution in [1.29, 1.82) is 0 Å². The number of rotatable bonds is 3. The fraction of sp³-hybridized carbons (Fsp3) is 0.455. The predicted molar refractivity (Wildman–Crippen MR) is 51.4 cm³/mol. The summed E-state index contributed by atoms with van der Waals surface area (Å²) in [4.78, 5) is 0. The van der Waals surface area contributed by atoms with E-state index in [4.69, 9.17) is 0 Å². The molecule has 0 aliphatic heterocycles. The van der Waals surface area contributed by atoms with Crippen LogP contribution in [0, 0.1) is 5.82 Å². The summed E-state index contributed by atoms with van der Waals surface area (Å²) in [6.07, 6.45) is 2.72. The van der Waals surface area contributed by atoms with E-state index in [1.165, 1.54) is 12.1 Å². The second-order valence-electron chi connectivity index (χ2n) is 3.18. The van der Waals surface area contributed by atoms with Crippen LogP contribution in [0.3, 0.4) is 0 Å². The lowest BCUT2D eigenvalue weighted by molar-refractivity contribution is 0.431. The third-order valence-corrected chi connectivity index (χ3v) is 2.17. The summed E-state index contributed by atoms with van der Waals surface area (Å²) < 4.78 is 12.9. The molecular weight excluding hydrogens is 167 g/mol. The van der Waals surface area contributed by atoms with E-state index in [2.05, 4.69) is 6.92 Å². The molecule has 1 aromatic rings. The summed E-state index contributed by atoms with van der Waals surface area (Å²) in [7, 11) is 0. The van der Waals surface area contributed by atoms with Gasteiger partial charge in [-0.25, -0.2) is 4.39 Å². The van der Waals surface area contributed by atoms with Crippen molar-refractivity contribution in [1.82, 2.24) is 0 Å². The highest BCUT2D eigenvalue weighted by Crippen LogP contribution is 2.22. The Hall–Kier alpha value is -1.05. The van der Waals surface area contributed by atoms with Crippen LogP contribution in [0.4, 0.5) is 4.39 Å². The molecule has 1 rings (SSSR count). The van der Waals surface area contributed by atoms with Gasteiger partial charge in [0.25, 0.3) is 0 Å². The van der Waals surface area contributed by atoms with Crippen molar-refractivity contribution in [2.75, 3.05) is 0 Å². The monoisotopic (exact) mass is 182 g/mol. The van der Waals surface area contributed by atoms with Gasteiger partial charge in [0.2, 0.25) is 0 Å². The van der Waals surface area contributed by atoms with Gasteiger partial charge in [-0.05, 0) is 36.1 Å². The highest BCUT2D eigenvalue weighted by Gasteiger charge is 2.06. The minimum absolute atomic E-state index is 0.236. The van der Waals surface area contributed by atoms with Crippen molar-refractivity contribution in [3.05, 3.63) is 29.1 Å². The molecule has 0 bridgehead atoms. The van der Waals surface area contributed by atoms with E-state index in [0.29, 0.717) is 0 Å². The minimum Gasteiger partial charge on any atom is -0.505 e. The number of aromatic hydroxyl groups is 1. The van der Waals surface area contributed by atoms with Gasteiger partial charge in [0.05, 0.1) is 0 Å². The molecule has 13 heavy (non-hydrogen) atoms. The molecule has 0 spiro atoms. The van der Waals surface area contributed by atoms with Crippen LogP contribution in [0.25, 0.3) is 0 Å². The average Bonchev–Trinajstić information content (AvgIpc) is 2.11. The first-order valence-corrected chi connectivity index (χ1v) is 4.69. The summed E-state index contributed by atoms with van der Waals surface area (Å²) in [5.41, 5.74) is 2.06. The number of phenols is 1. The van der Waals surface area contributed by atoms with E-state index in [1.807, 2.05) is 6.92 Å². The van der Waals surface area contributed by atoms with Crippen molar-refractivity contribution >= 4 is 0 Å². The Morgan fingerprint density at radius 2 is 1.92 bits per heavy atom.